The summed E-state index contributed by atoms with van der Waals surface area (Å²) in [7, 11) is 0. The number of hydrogen-bond acceptors (Lipinski definition) is 8. The molecule has 7 nitrogen and oxygen atoms in total. The zero-order valence-corrected chi connectivity index (χ0v) is 17.4. The molecule has 0 unspecified atom stereocenters. The van der Waals surface area contributed by atoms with E-state index in [1.165, 1.54) is 23.7 Å². The van der Waals surface area contributed by atoms with E-state index < -0.39 is 0 Å². The number of ether oxygens (including phenoxy) is 1. The van der Waals surface area contributed by atoms with E-state index in [0.717, 1.165) is 39.2 Å². The normalized spacial score (nSPS) is 14.4. The number of thiazole rings is 1. The number of anilines is 2. The Labute approximate surface area is 171 Å². The molecule has 1 N–H and O–H groups in total. The number of aryl methyl sites for hydroxylation is 2. The minimum Gasteiger partial charge on any atom is -0.378 e. The third-order valence-electron chi connectivity index (χ3n) is 4.42. The molecule has 1 fully saturated rings. The Bertz CT molecular complexity index is 1000. The second-order valence-corrected chi connectivity index (χ2v) is 8.52. The predicted octanol–water partition coefficient (Wildman–Crippen LogP) is 3.27. The minimum absolute atomic E-state index is 0.0540. The quantitative estimate of drug-likeness (QED) is 0.506. The number of carbonyl (C=O) groups excluding carboxylic acids is 1. The molecule has 28 heavy (non-hydrogen) atoms. The summed E-state index contributed by atoms with van der Waals surface area (Å²) in [5, 5.41) is 4.70. The minimum atomic E-state index is -0.0540. The highest BCUT2D eigenvalue weighted by molar-refractivity contribution is 8.00. The predicted molar refractivity (Wildman–Crippen MR) is 114 cm³/mol. The number of nitrogens with zero attached hydrogens (tertiary/aromatic N) is 4. The van der Waals surface area contributed by atoms with Gasteiger partial charge in [0.15, 0.2) is 10.8 Å². The van der Waals surface area contributed by atoms with Gasteiger partial charge in [-0.1, -0.05) is 40.8 Å². The Balaban J connectivity index is 1.45. The summed E-state index contributed by atoms with van der Waals surface area (Å²) in [4.78, 5) is 27.9. The van der Waals surface area contributed by atoms with Gasteiger partial charge in [0.2, 0.25) is 5.91 Å². The van der Waals surface area contributed by atoms with Gasteiger partial charge in [0, 0.05) is 18.8 Å². The van der Waals surface area contributed by atoms with Crippen LogP contribution in [0.25, 0.3) is 10.3 Å². The molecule has 0 atom stereocenters. The Morgan fingerprint density at radius 1 is 1.29 bits per heavy atom. The standard InChI is InChI=1S/C19H21N5O2S2/c1-12-3-4-14(13(2)9-12)22-15(25)10-27-18-16-17(20-11-21-18)23-19(28-16)24-5-7-26-8-6-24/h3-4,9,11H,5-8,10H2,1-2H3,(H,22,25). The molecule has 3 aromatic rings. The molecule has 3 heterocycles. The smallest absolute Gasteiger partial charge is 0.234 e. The van der Waals surface area contributed by atoms with Gasteiger partial charge in [0.25, 0.3) is 0 Å². The van der Waals surface area contributed by atoms with Gasteiger partial charge in [-0.15, -0.1) is 0 Å². The third-order valence-corrected chi connectivity index (χ3v) is 6.66. The van der Waals surface area contributed by atoms with Crippen LogP contribution >= 0.6 is 23.1 Å². The first kappa shape index (κ1) is 19.1. The molecular formula is C19H21N5O2S2. The number of rotatable bonds is 5. The Kier molecular flexibility index (Phi) is 5.74. The van der Waals surface area contributed by atoms with Crippen molar-refractivity contribution in [3.63, 3.8) is 0 Å². The molecule has 2 aromatic heterocycles. The zero-order valence-electron chi connectivity index (χ0n) is 15.8. The van der Waals surface area contributed by atoms with Crippen molar-refractivity contribution < 1.29 is 9.53 Å². The fourth-order valence-electron chi connectivity index (χ4n) is 2.99. The number of nitrogens with one attached hydrogen (secondary N) is 1. The van der Waals surface area contributed by atoms with E-state index in [1.807, 2.05) is 26.0 Å². The van der Waals surface area contributed by atoms with Crippen molar-refractivity contribution in [2.75, 3.05) is 42.3 Å². The van der Waals surface area contributed by atoms with Crippen LogP contribution in [0.2, 0.25) is 0 Å². The first-order chi connectivity index (χ1) is 13.6. The molecule has 146 valence electrons. The third kappa shape index (κ3) is 4.26. The molecule has 1 aliphatic rings. The van der Waals surface area contributed by atoms with Crippen LogP contribution in [0.4, 0.5) is 10.8 Å². The number of morpholine rings is 1. The molecular weight excluding hydrogens is 394 g/mol. The van der Waals surface area contributed by atoms with Crippen LogP contribution in [0.1, 0.15) is 11.1 Å². The summed E-state index contributed by atoms with van der Waals surface area (Å²) >= 11 is 2.98. The van der Waals surface area contributed by atoms with Gasteiger partial charge in [-0.2, -0.15) is 4.98 Å². The van der Waals surface area contributed by atoms with Crippen LogP contribution < -0.4 is 10.2 Å². The van der Waals surface area contributed by atoms with E-state index in [9.17, 15) is 4.79 Å². The highest BCUT2D eigenvalue weighted by Crippen LogP contribution is 2.34. The monoisotopic (exact) mass is 415 g/mol. The number of carbonyl (C=O) groups is 1. The van der Waals surface area contributed by atoms with E-state index in [0.29, 0.717) is 18.9 Å². The molecule has 9 heteroatoms. The van der Waals surface area contributed by atoms with Crippen LogP contribution in [0.5, 0.6) is 0 Å². The molecule has 1 amide bonds. The molecule has 4 rings (SSSR count). The lowest BCUT2D eigenvalue weighted by Crippen LogP contribution is -2.36. The van der Waals surface area contributed by atoms with Crippen molar-refractivity contribution in [3.05, 3.63) is 35.7 Å². The summed E-state index contributed by atoms with van der Waals surface area (Å²) in [6.45, 7) is 7.11. The Hall–Kier alpha value is -2.23. The lowest BCUT2D eigenvalue weighted by atomic mass is 10.1. The maximum atomic E-state index is 12.4. The fourth-order valence-corrected chi connectivity index (χ4v) is 4.93. The van der Waals surface area contributed by atoms with Crippen molar-refractivity contribution in [2.45, 2.75) is 18.9 Å². The maximum absolute atomic E-state index is 12.4. The lowest BCUT2D eigenvalue weighted by molar-refractivity contribution is -0.113. The molecule has 0 spiro atoms. The van der Waals surface area contributed by atoms with Crippen LogP contribution in [0, 0.1) is 13.8 Å². The summed E-state index contributed by atoms with van der Waals surface area (Å²) in [5.74, 6) is 0.228. The number of thioether (sulfide) groups is 1. The van der Waals surface area contributed by atoms with Crippen LogP contribution in [-0.2, 0) is 9.53 Å². The molecule has 1 aromatic carbocycles. The zero-order chi connectivity index (χ0) is 19.5. The van der Waals surface area contributed by atoms with Gasteiger partial charge in [-0.25, -0.2) is 9.97 Å². The van der Waals surface area contributed by atoms with Crippen molar-refractivity contribution in [3.8, 4) is 0 Å². The van der Waals surface area contributed by atoms with E-state index >= 15 is 0 Å². The van der Waals surface area contributed by atoms with Crippen molar-refractivity contribution in [1.29, 1.82) is 0 Å². The van der Waals surface area contributed by atoms with Crippen molar-refractivity contribution >= 4 is 50.2 Å². The number of aromatic nitrogens is 3. The summed E-state index contributed by atoms with van der Waals surface area (Å²) < 4.78 is 6.33. The van der Waals surface area contributed by atoms with Gasteiger partial charge in [-0.3, -0.25) is 4.79 Å². The first-order valence-corrected chi connectivity index (χ1v) is 10.8. The molecule has 0 bridgehead atoms. The highest BCUT2D eigenvalue weighted by atomic mass is 32.2. The number of hydrogen-bond donors (Lipinski definition) is 1. The first-order valence-electron chi connectivity index (χ1n) is 9.04. The van der Waals surface area contributed by atoms with Crippen LogP contribution in [0.3, 0.4) is 0 Å². The van der Waals surface area contributed by atoms with Gasteiger partial charge >= 0.3 is 0 Å². The summed E-state index contributed by atoms with van der Waals surface area (Å²) in [5.41, 5.74) is 3.75. The Morgan fingerprint density at radius 3 is 2.89 bits per heavy atom. The van der Waals surface area contributed by atoms with E-state index in [4.69, 9.17) is 4.74 Å². The highest BCUT2D eigenvalue weighted by Gasteiger charge is 2.18. The molecule has 0 radical (unpaired) electrons. The second-order valence-electron chi connectivity index (χ2n) is 6.58. The number of fused-ring (bicyclic) bond motifs is 1. The number of amides is 1. The van der Waals surface area contributed by atoms with Crippen LogP contribution in [-0.4, -0.2) is 52.9 Å². The van der Waals surface area contributed by atoms with E-state index in [2.05, 4.69) is 31.2 Å². The van der Waals surface area contributed by atoms with Crippen LogP contribution in [0.15, 0.2) is 29.6 Å². The van der Waals surface area contributed by atoms with E-state index in [-0.39, 0.29) is 11.7 Å². The Morgan fingerprint density at radius 2 is 2.11 bits per heavy atom. The van der Waals surface area contributed by atoms with Gasteiger partial charge in [0.05, 0.1) is 19.0 Å². The molecule has 1 aliphatic heterocycles. The van der Waals surface area contributed by atoms with E-state index in [1.54, 1.807) is 11.3 Å². The molecule has 0 aliphatic carbocycles. The second kappa shape index (κ2) is 8.42. The average molecular weight is 416 g/mol. The largest absolute Gasteiger partial charge is 0.378 e. The summed E-state index contributed by atoms with van der Waals surface area (Å²) in [6, 6.07) is 5.99. The van der Waals surface area contributed by atoms with Gasteiger partial charge < -0.3 is 15.0 Å². The molecule has 0 saturated carbocycles. The van der Waals surface area contributed by atoms with Gasteiger partial charge in [-0.05, 0) is 25.5 Å². The van der Waals surface area contributed by atoms with Gasteiger partial charge in [0.1, 0.15) is 16.1 Å². The average Bonchev–Trinajstić information content (AvgIpc) is 3.14. The lowest BCUT2D eigenvalue weighted by Gasteiger charge is -2.25. The summed E-state index contributed by atoms with van der Waals surface area (Å²) in [6.07, 6.45) is 1.51. The van der Waals surface area contributed by atoms with Crippen molar-refractivity contribution in [1.82, 2.24) is 15.0 Å². The topological polar surface area (TPSA) is 80.2 Å². The SMILES string of the molecule is Cc1ccc(NC(=O)CSc2ncnc3nc(N4CCOCC4)sc23)c(C)c1. The number of benzene rings is 1. The fraction of sp³-hybridized carbons (Fsp3) is 0.368. The molecule has 1 saturated heterocycles. The van der Waals surface area contributed by atoms with Crippen molar-refractivity contribution in [2.24, 2.45) is 0 Å². The maximum Gasteiger partial charge on any atom is 0.234 e.